The first-order valence-corrected chi connectivity index (χ1v) is 7.15. The first kappa shape index (κ1) is 15.8. The molecule has 0 aliphatic carbocycles. The van der Waals surface area contributed by atoms with Gasteiger partial charge < -0.3 is 15.8 Å². The van der Waals surface area contributed by atoms with Crippen molar-refractivity contribution in [3.63, 3.8) is 0 Å². The van der Waals surface area contributed by atoms with E-state index < -0.39 is 0 Å². The van der Waals surface area contributed by atoms with E-state index in [1.807, 2.05) is 30.3 Å². The molecule has 0 heterocycles. The first-order valence-electron chi connectivity index (χ1n) is 7.15. The number of aliphatic imine (C=N–C) groups is 1. The summed E-state index contributed by atoms with van der Waals surface area (Å²) < 4.78 is 5.22. The van der Waals surface area contributed by atoms with Crippen LogP contribution in [0.1, 0.15) is 11.1 Å². The highest BCUT2D eigenvalue weighted by Gasteiger charge is 1.97. The van der Waals surface area contributed by atoms with Gasteiger partial charge in [-0.25, -0.2) is 0 Å². The van der Waals surface area contributed by atoms with Gasteiger partial charge in [-0.05, 0) is 47.7 Å². The number of rotatable bonds is 7. The summed E-state index contributed by atoms with van der Waals surface area (Å²) >= 11 is 0. The third-order valence-electron chi connectivity index (χ3n) is 3.15. The van der Waals surface area contributed by atoms with E-state index >= 15 is 0 Å². The molecule has 2 aromatic rings. The zero-order valence-corrected chi connectivity index (χ0v) is 12.7. The van der Waals surface area contributed by atoms with Gasteiger partial charge >= 0.3 is 0 Å². The molecule has 114 valence electrons. The second kappa shape index (κ2) is 8.64. The van der Waals surface area contributed by atoms with E-state index in [-0.39, 0.29) is 0 Å². The maximum absolute atomic E-state index is 5.25. The number of hydrogen-bond acceptors (Lipinski definition) is 4. The van der Waals surface area contributed by atoms with Crippen molar-refractivity contribution in [2.75, 3.05) is 7.11 Å². The number of hydrogen-bond donors (Lipinski definition) is 2. The molecule has 0 saturated carbocycles. The fourth-order valence-electron chi connectivity index (χ4n) is 2.01. The Labute approximate surface area is 131 Å². The SMILES string of the molecule is COc1cccc(CNCc2ccc(N=C/C=C\N)cc2)c1. The van der Waals surface area contributed by atoms with Gasteiger partial charge in [0.05, 0.1) is 12.8 Å². The molecule has 4 nitrogen and oxygen atoms in total. The van der Waals surface area contributed by atoms with Gasteiger partial charge in [-0.1, -0.05) is 24.3 Å². The van der Waals surface area contributed by atoms with E-state index in [2.05, 4.69) is 28.5 Å². The molecular weight excluding hydrogens is 274 g/mol. The Morgan fingerprint density at radius 3 is 2.59 bits per heavy atom. The van der Waals surface area contributed by atoms with Crippen molar-refractivity contribution < 1.29 is 4.74 Å². The molecule has 0 spiro atoms. The molecule has 0 aliphatic heterocycles. The van der Waals surface area contributed by atoms with Crippen LogP contribution < -0.4 is 15.8 Å². The highest BCUT2D eigenvalue weighted by Crippen LogP contribution is 2.14. The fraction of sp³-hybridized carbons (Fsp3) is 0.167. The van der Waals surface area contributed by atoms with E-state index in [0.717, 1.165) is 24.5 Å². The van der Waals surface area contributed by atoms with Crippen molar-refractivity contribution in [3.8, 4) is 5.75 Å². The van der Waals surface area contributed by atoms with E-state index in [4.69, 9.17) is 10.5 Å². The number of nitrogens with two attached hydrogens (primary N) is 1. The van der Waals surface area contributed by atoms with Crippen LogP contribution in [0.3, 0.4) is 0 Å². The predicted octanol–water partition coefficient (Wildman–Crippen LogP) is 3.16. The summed E-state index contributed by atoms with van der Waals surface area (Å²) in [6, 6.07) is 16.2. The first-order chi connectivity index (χ1) is 10.8. The number of nitrogens with zero attached hydrogens (tertiary/aromatic N) is 1. The van der Waals surface area contributed by atoms with Crippen molar-refractivity contribution in [2.45, 2.75) is 13.1 Å². The summed E-state index contributed by atoms with van der Waals surface area (Å²) in [7, 11) is 1.68. The molecule has 22 heavy (non-hydrogen) atoms. The van der Waals surface area contributed by atoms with E-state index in [1.54, 1.807) is 19.4 Å². The molecular formula is C18H21N3O. The van der Waals surface area contributed by atoms with Crippen LogP contribution in [0.5, 0.6) is 5.75 Å². The molecule has 0 amide bonds. The molecule has 0 atom stereocenters. The Morgan fingerprint density at radius 1 is 1.09 bits per heavy atom. The number of allylic oxidation sites excluding steroid dienone is 1. The second-order valence-corrected chi connectivity index (χ2v) is 4.78. The van der Waals surface area contributed by atoms with Crippen molar-refractivity contribution in [2.24, 2.45) is 10.7 Å². The number of benzene rings is 2. The zero-order chi connectivity index (χ0) is 15.6. The van der Waals surface area contributed by atoms with Crippen molar-refractivity contribution in [3.05, 3.63) is 71.9 Å². The normalized spacial score (nSPS) is 11.3. The van der Waals surface area contributed by atoms with Crippen LogP contribution in [0, 0.1) is 0 Å². The van der Waals surface area contributed by atoms with Gasteiger partial charge in [0.25, 0.3) is 0 Å². The summed E-state index contributed by atoms with van der Waals surface area (Å²) in [5, 5.41) is 3.42. The standard InChI is InChI=1S/C18H21N3O/c1-22-18-5-2-4-16(12-18)14-20-13-15-6-8-17(9-7-15)21-11-3-10-19/h2-12,20H,13-14,19H2,1H3/b10-3-,21-11?. The Bertz CT molecular complexity index is 633. The number of nitrogens with one attached hydrogen (secondary N) is 1. The molecule has 0 aromatic heterocycles. The van der Waals surface area contributed by atoms with Crippen molar-refractivity contribution in [1.29, 1.82) is 0 Å². The van der Waals surface area contributed by atoms with Crippen molar-refractivity contribution >= 4 is 11.9 Å². The van der Waals surface area contributed by atoms with Gasteiger partial charge in [0.1, 0.15) is 5.75 Å². The number of methoxy groups -OCH3 is 1. The molecule has 0 saturated heterocycles. The topological polar surface area (TPSA) is 59.6 Å². The van der Waals surface area contributed by atoms with Gasteiger partial charge in [-0.3, -0.25) is 4.99 Å². The van der Waals surface area contributed by atoms with E-state index in [1.165, 1.54) is 17.3 Å². The third-order valence-corrected chi connectivity index (χ3v) is 3.15. The Morgan fingerprint density at radius 2 is 1.86 bits per heavy atom. The quantitative estimate of drug-likeness (QED) is 0.771. The minimum Gasteiger partial charge on any atom is -0.497 e. The third kappa shape index (κ3) is 5.07. The highest BCUT2D eigenvalue weighted by atomic mass is 16.5. The van der Waals surface area contributed by atoms with Crippen LogP contribution >= 0.6 is 0 Å². The molecule has 0 radical (unpaired) electrons. The van der Waals surface area contributed by atoms with Gasteiger partial charge in [0.15, 0.2) is 0 Å². The lowest BCUT2D eigenvalue weighted by atomic mass is 10.2. The summed E-state index contributed by atoms with van der Waals surface area (Å²) in [4.78, 5) is 4.26. The summed E-state index contributed by atoms with van der Waals surface area (Å²) in [5.41, 5.74) is 8.58. The number of ether oxygens (including phenoxy) is 1. The summed E-state index contributed by atoms with van der Waals surface area (Å²) in [6.07, 6.45) is 4.83. The average molecular weight is 295 g/mol. The van der Waals surface area contributed by atoms with E-state index in [9.17, 15) is 0 Å². The zero-order valence-electron chi connectivity index (χ0n) is 12.7. The molecule has 0 bridgehead atoms. The van der Waals surface area contributed by atoms with Gasteiger partial charge in [0.2, 0.25) is 0 Å². The fourth-order valence-corrected chi connectivity index (χ4v) is 2.01. The Hall–Kier alpha value is -2.59. The van der Waals surface area contributed by atoms with Crippen LogP contribution in [0.4, 0.5) is 5.69 Å². The Kier molecular flexibility index (Phi) is 6.20. The molecule has 0 aliphatic rings. The van der Waals surface area contributed by atoms with Crippen LogP contribution in [0.25, 0.3) is 0 Å². The molecule has 4 heteroatoms. The highest BCUT2D eigenvalue weighted by molar-refractivity contribution is 5.74. The minimum atomic E-state index is 0.804. The van der Waals surface area contributed by atoms with Crippen LogP contribution in [0.15, 0.2) is 65.8 Å². The van der Waals surface area contributed by atoms with Gasteiger partial charge in [-0.2, -0.15) is 0 Å². The monoisotopic (exact) mass is 295 g/mol. The largest absolute Gasteiger partial charge is 0.497 e. The van der Waals surface area contributed by atoms with Gasteiger partial charge in [0, 0.05) is 19.3 Å². The van der Waals surface area contributed by atoms with Gasteiger partial charge in [-0.15, -0.1) is 0 Å². The Balaban J connectivity index is 1.84. The van der Waals surface area contributed by atoms with Crippen molar-refractivity contribution in [1.82, 2.24) is 5.32 Å². The molecule has 0 fully saturated rings. The second-order valence-electron chi connectivity index (χ2n) is 4.78. The predicted molar refractivity (Wildman–Crippen MR) is 91.5 cm³/mol. The smallest absolute Gasteiger partial charge is 0.119 e. The lowest BCUT2D eigenvalue weighted by Crippen LogP contribution is -2.12. The molecule has 2 aromatic carbocycles. The lowest BCUT2D eigenvalue weighted by Gasteiger charge is -2.07. The molecule has 0 unspecified atom stereocenters. The maximum atomic E-state index is 5.25. The van der Waals surface area contributed by atoms with Crippen LogP contribution in [-0.2, 0) is 13.1 Å². The average Bonchev–Trinajstić information content (AvgIpc) is 2.57. The molecule has 3 N–H and O–H groups in total. The van der Waals surface area contributed by atoms with Crippen LogP contribution in [-0.4, -0.2) is 13.3 Å². The molecule has 2 rings (SSSR count). The summed E-state index contributed by atoms with van der Waals surface area (Å²) in [5.74, 6) is 0.882. The lowest BCUT2D eigenvalue weighted by molar-refractivity contribution is 0.414. The van der Waals surface area contributed by atoms with Crippen LogP contribution in [0.2, 0.25) is 0 Å². The maximum Gasteiger partial charge on any atom is 0.119 e. The van der Waals surface area contributed by atoms with E-state index in [0.29, 0.717) is 0 Å². The minimum absolute atomic E-state index is 0.804. The summed E-state index contributed by atoms with van der Waals surface area (Å²) in [6.45, 7) is 1.61.